The number of anilines is 2. The topological polar surface area (TPSA) is 109 Å². The summed E-state index contributed by atoms with van der Waals surface area (Å²) in [5, 5.41) is 8.63. The van der Waals surface area contributed by atoms with Crippen molar-refractivity contribution in [2.75, 3.05) is 10.5 Å². The first kappa shape index (κ1) is 13.8. The van der Waals surface area contributed by atoms with Crippen molar-refractivity contribution < 1.29 is 8.42 Å². The van der Waals surface area contributed by atoms with Crippen LogP contribution in [0.5, 0.6) is 0 Å². The summed E-state index contributed by atoms with van der Waals surface area (Å²) in [4.78, 5) is 3.73. The smallest absolute Gasteiger partial charge is 0.263 e. The van der Waals surface area contributed by atoms with Crippen molar-refractivity contribution in [1.82, 2.24) is 4.98 Å². The van der Waals surface area contributed by atoms with Crippen LogP contribution in [0.15, 0.2) is 41.4 Å². The van der Waals surface area contributed by atoms with Crippen LogP contribution in [0.2, 0.25) is 0 Å². The van der Waals surface area contributed by atoms with E-state index in [0.717, 1.165) is 11.8 Å². The molecule has 0 aliphatic heterocycles. The van der Waals surface area contributed by atoms with Gasteiger partial charge in [0.1, 0.15) is 16.7 Å². The summed E-state index contributed by atoms with van der Waals surface area (Å²) in [7, 11) is -3.73. The molecule has 0 fully saturated rings. The average molecular weight is 288 g/mol. The number of nitrogen functional groups attached to an aromatic ring is 1. The van der Waals surface area contributed by atoms with Gasteiger partial charge in [-0.2, -0.15) is 5.26 Å². The Labute approximate surface area is 116 Å². The van der Waals surface area contributed by atoms with Crippen molar-refractivity contribution in [1.29, 1.82) is 5.26 Å². The van der Waals surface area contributed by atoms with Crippen molar-refractivity contribution in [2.24, 2.45) is 0 Å². The second-order valence-corrected chi connectivity index (χ2v) is 5.85. The molecule has 102 valence electrons. The van der Waals surface area contributed by atoms with E-state index >= 15 is 0 Å². The van der Waals surface area contributed by atoms with Crippen LogP contribution in [0.4, 0.5) is 11.4 Å². The molecule has 0 unspecified atom stereocenters. The fourth-order valence-electron chi connectivity index (χ4n) is 1.56. The van der Waals surface area contributed by atoms with E-state index in [-0.39, 0.29) is 10.6 Å². The van der Waals surface area contributed by atoms with Crippen molar-refractivity contribution >= 4 is 21.4 Å². The number of nitrogens with zero attached hydrogens (tertiary/aromatic N) is 2. The molecule has 20 heavy (non-hydrogen) atoms. The van der Waals surface area contributed by atoms with E-state index in [4.69, 9.17) is 11.0 Å². The minimum Gasteiger partial charge on any atom is -0.399 e. The number of nitrogens with two attached hydrogens (primary N) is 1. The molecule has 0 aliphatic carbocycles. The average Bonchev–Trinajstić information content (AvgIpc) is 2.43. The molecule has 1 heterocycles. The van der Waals surface area contributed by atoms with E-state index in [0.29, 0.717) is 11.4 Å². The highest BCUT2D eigenvalue weighted by molar-refractivity contribution is 7.92. The molecule has 0 radical (unpaired) electrons. The van der Waals surface area contributed by atoms with Gasteiger partial charge in [-0.25, -0.2) is 13.4 Å². The van der Waals surface area contributed by atoms with E-state index in [1.54, 1.807) is 25.1 Å². The van der Waals surface area contributed by atoms with Gasteiger partial charge in [0.2, 0.25) is 0 Å². The number of hydrogen-bond donors (Lipinski definition) is 2. The quantitative estimate of drug-likeness (QED) is 0.834. The van der Waals surface area contributed by atoms with Gasteiger partial charge in [0.15, 0.2) is 0 Å². The number of pyridine rings is 1. The van der Waals surface area contributed by atoms with Crippen molar-refractivity contribution in [3.8, 4) is 6.07 Å². The van der Waals surface area contributed by atoms with Gasteiger partial charge in [0.25, 0.3) is 10.0 Å². The van der Waals surface area contributed by atoms with Gasteiger partial charge in [-0.05, 0) is 42.8 Å². The third-order valence-corrected chi connectivity index (χ3v) is 4.05. The molecule has 6 nitrogen and oxygen atoms in total. The maximum Gasteiger partial charge on any atom is 0.263 e. The predicted octanol–water partition coefficient (Wildman–Crippen LogP) is 1.64. The number of rotatable bonds is 3. The van der Waals surface area contributed by atoms with Crippen LogP contribution in [-0.4, -0.2) is 13.4 Å². The lowest BCUT2D eigenvalue weighted by atomic mass is 10.2. The van der Waals surface area contributed by atoms with Crippen LogP contribution in [-0.2, 0) is 10.0 Å². The second-order valence-electron chi connectivity index (χ2n) is 4.17. The molecular weight excluding hydrogens is 276 g/mol. The molecule has 2 aromatic rings. The zero-order valence-corrected chi connectivity index (χ0v) is 11.5. The lowest BCUT2D eigenvalue weighted by Gasteiger charge is -2.09. The highest BCUT2D eigenvalue weighted by Crippen LogP contribution is 2.20. The third-order valence-electron chi connectivity index (χ3n) is 2.68. The number of benzene rings is 1. The largest absolute Gasteiger partial charge is 0.399 e. The predicted molar refractivity (Wildman–Crippen MR) is 75.4 cm³/mol. The molecule has 2 rings (SSSR count). The van der Waals surface area contributed by atoms with E-state index in [9.17, 15) is 8.42 Å². The van der Waals surface area contributed by atoms with Crippen molar-refractivity contribution in [3.05, 3.63) is 47.8 Å². The molecule has 0 atom stereocenters. The zero-order chi connectivity index (χ0) is 14.8. The van der Waals surface area contributed by atoms with E-state index in [2.05, 4.69) is 9.71 Å². The summed E-state index contributed by atoms with van der Waals surface area (Å²) in [6.45, 7) is 1.79. The SMILES string of the molecule is Cc1cc(NS(=O)(=O)c2ccc(C#N)nc2)ccc1N. The zero-order valence-electron chi connectivity index (χ0n) is 10.7. The van der Waals surface area contributed by atoms with Gasteiger partial charge in [0, 0.05) is 17.6 Å². The number of nitriles is 1. The van der Waals surface area contributed by atoms with Crippen molar-refractivity contribution in [3.63, 3.8) is 0 Å². The highest BCUT2D eigenvalue weighted by Gasteiger charge is 2.15. The summed E-state index contributed by atoms with van der Waals surface area (Å²) in [5.74, 6) is 0. The monoisotopic (exact) mass is 288 g/mol. The molecule has 3 N–H and O–H groups in total. The van der Waals surface area contributed by atoms with E-state index in [1.165, 1.54) is 12.1 Å². The van der Waals surface area contributed by atoms with Crippen LogP contribution in [0.3, 0.4) is 0 Å². The first-order valence-corrected chi connectivity index (χ1v) is 7.16. The fourth-order valence-corrected chi connectivity index (χ4v) is 2.55. The molecule has 0 saturated heterocycles. The fraction of sp³-hybridized carbons (Fsp3) is 0.0769. The number of sulfonamides is 1. The third kappa shape index (κ3) is 2.87. The molecule has 0 aliphatic rings. The lowest BCUT2D eigenvalue weighted by Crippen LogP contribution is -2.13. The normalized spacial score (nSPS) is 10.8. The van der Waals surface area contributed by atoms with Crippen LogP contribution in [0.1, 0.15) is 11.3 Å². The summed E-state index contributed by atoms with van der Waals surface area (Å²) >= 11 is 0. The Hall–Kier alpha value is -2.59. The van der Waals surface area contributed by atoms with Gasteiger partial charge < -0.3 is 5.73 Å². The molecule has 0 amide bonds. The van der Waals surface area contributed by atoms with Gasteiger partial charge >= 0.3 is 0 Å². The maximum atomic E-state index is 12.1. The molecule has 7 heteroatoms. The molecule has 1 aromatic carbocycles. The van der Waals surface area contributed by atoms with Gasteiger partial charge in [-0.3, -0.25) is 4.72 Å². The number of aryl methyl sites for hydroxylation is 1. The van der Waals surface area contributed by atoms with Crippen LogP contribution in [0, 0.1) is 18.3 Å². The molecule has 0 saturated carbocycles. The standard InChI is InChI=1S/C13H12N4O2S/c1-9-6-10(3-5-13(9)15)17-20(18,19)12-4-2-11(7-14)16-8-12/h2-6,8,17H,15H2,1H3. The lowest BCUT2D eigenvalue weighted by molar-refractivity contribution is 0.601. The minimum absolute atomic E-state index is 0.00835. The Morgan fingerprint density at radius 2 is 2.05 bits per heavy atom. The summed E-state index contributed by atoms with van der Waals surface area (Å²) < 4.78 is 26.7. The Bertz CT molecular complexity index is 777. The van der Waals surface area contributed by atoms with Gasteiger partial charge in [0.05, 0.1) is 0 Å². The summed E-state index contributed by atoms with van der Waals surface area (Å²) in [6.07, 6.45) is 1.14. The van der Waals surface area contributed by atoms with Gasteiger partial charge in [-0.1, -0.05) is 0 Å². The van der Waals surface area contributed by atoms with Crippen LogP contribution < -0.4 is 10.5 Å². The number of aromatic nitrogens is 1. The summed E-state index contributed by atoms with van der Waals surface area (Å²) in [6, 6.07) is 9.36. The Balaban J connectivity index is 2.30. The molecule has 0 bridgehead atoms. The highest BCUT2D eigenvalue weighted by atomic mass is 32.2. The van der Waals surface area contributed by atoms with Gasteiger partial charge in [-0.15, -0.1) is 0 Å². The molecule has 0 spiro atoms. The van der Waals surface area contributed by atoms with E-state index < -0.39 is 10.0 Å². The minimum atomic E-state index is -3.73. The number of hydrogen-bond acceptors (Lipinski definition) is 5. The van der Waals surface area contributed by atoms with Crippen LogP contribution >= 0.6 is 0 Å². The Kier molecular flexibility index (Phi) is 3.59. The molecule has 1 aromatic heterocycles. The second kappa shape index (κ2) is 5.19. The first-order valence-electron chi connectivity index (χ1n) is 5.67. The Morgan fingerprint density at radius 3 is 2.60 bits per heavy atom. The van der Waals surface area contributed by atoms with Crippen molar-refractivity contribution in [2.45, 2.75) is 11.8 Å². The van der Waals surface area contributed by atoms with E-state index in [1.807, 2.05) is 6.07 Å². The first-order chi connectivity index (χ1) is 9.42. The van der Waals surface area contributed by atoms with Crippen LogP contribution in [0.25, 0.3) is 0 Å². The number of nitrogens with one attached hydrogen (secondary N) is 1. The Morgan fingerprint density at radius 1 is 1.30 bits per heavy atom. The molecular formula is C13H12N4O2S. The maximum absolute atomic E-state index is 12.1. The summed E-state index contributed by atoms with van der Waals surface area (Å²) in [5.41, 5.74) is 7.63.